The summed E-state index contributed by atoms with van der Waals surface area (Å²) in [5, 5.41) is 0. The number of allylic oxidation sites excluding steroid dienone is 4. The maximum Gasteiger partial charge on any atom is 0.311 e. The molecule has 8 nitrogen and oxygen atoms in total. The average Bonchev–Trinajstić information content (AvgIpc) is 3.35. The molecule has 0 radical (unpaired) electrons. The zero-order valence-corrected chi connectivity index (χ0v) is 49.9. The Labute approximate surface area is 456 Å². The molecule has 0 aromatic heterocycles. The van der Waals surface area contributed by atoms with E-state index in [0.29, 0.717) is 48.0 Å². The first-order valence-electron chi connectivity index (χ1n) is 28.8. The van der Waals surface area contributed by atoms with E-state index in [9.17, 15) is 4.79 Å². The highest BCUT2D eigenvalue weighted by Gasteiger charge is 2.28. The van der Waals surface area contributed by atoms with Gasteiger partial charge in [0.05, 0.1) is 12.0 Å². The van der Waals surface area contributed by atoms with Crippen molar-refractivity contribution in [1.82, 2.24) is 4.58 Å². The zero-order valence-electron chi connectivity index (χ0n) is 49.9. The van der Waals surface area contributed by atoms with Crippen LogP contribution in [-0.2, 0) is 9.53 Å². The Kier molecular flexibility index (Phi) is 22.9. The van der Waals surface area contributed by atoms with Crippen molar-refractivity contribution in [2.24, 2.45) is 46.8 Å². The van der Waals surface area contributed by atoms with E-state index in [-0.39, 0.29) is 5.97 Å². The summed E-state index contributed by atoms with van der Waals surface area (Å²) in [6.45, 7) is 46.4. The lowest BCUT2D eigenvalue weighted by Crippen LogP contribution is -2.31. The summed E-state index contributed by atoms with van der Waals surface area (Å²) in [4.78, 5) is 22.7. The minimum atomic E-state index is -0.467. The minimum absolute atomic E-state index is 0.120. The van der Waals surface area contributed by atoms with Crippen LogP contribution in [0.4, 0.5) is 45.5 Å². The fourth-order valence-electron chi connectivity index (χ4n) is 9.92. The third-order valence-electron chi connectivity index (χ3n) is 13.6. The SMILES string of the molecule is CCC(C)(C)C(=O)OCCCN(CC(C)C)c1ccc([N+](=C2C=CC(=[N+](CC(C)C)CC(C)C)C=C2)c2ccc(N(c3ccc(N(CC(C)C)CC(C)C)cc3)c3ccc(N(CC(C)C)CC(C)C)cc3)cc2)cc1. The molecule has 8 heteroatoms. The second-order valence-electron chi connectivity index (χ2n) is 24.9. The van der Waals surface area contributed by atoms with Gasteiger partial charge in [-0.1, -0.05) is 104 Å². The van der Waals surface area contributed by atoms with E-state index in [4.69, 9.17) is 4.74 Å². The zero-order chi connectivity index (χ0) is 55.0. The fraction of sp³-hybridized carbons (Fsp3) is 0.537. The molecule has 408 valence electrons. The molecule has 0 aliphatic heterocycles. The first-order valence-corrected chi connectivity index (χ1v) is 28.8. The number of benzene rings is 4. The van der Waals surface area contributed by atoms with Crippen molar-refractivity contribution in [1.29, 1.82) is 0 Å². The van der Waals surface area contributed by atoms with Crippen LogP contribution in [0.15, 0.2) is 121 Å². The van der Waals surface area contributed by atoms with E-state index in [2.05, 4.69) is 247 Å². The summed E-state index contributed by atoms with van der Waals surface area (Å²) >= 11 is 0. The van der Waals surface area contributed by atoms with Crippen LogP contribution in [0.5, 0.6) is 0 Å². The van der Waals surface area contributed by atoms with E-state index < -0.39 is 5.41 Å². The topological polar surface area (TPSA) is 45.3 Å². The second kappa shape index (κ2) is 28.5. The minimum Gasteiger partial charge on any atom is -0.465 e. The molecular weight excluding hydrogens is 921 g/mol. The lowest BCUT2D eigenvalue weighted by Gasteiger charge is -2.31. The van der Waals surface area contributed by atoms with Crippen molar-refractivity contribution >= 4 is 62.9 Å². The highest BCUT2D eigenvalue weighted by molar-refractivity contribution is 6.18. The van der Waals surface area contributed by atoms with Crippen molar-refractivity contribution in [2.45, 2.75) is 131 Å². The van der Waals surface area contributed by atoms with Crippen molar-refractivity contribution in [2.75, 3.05) is 78.6 Å². The van der Waals surface area contributed by atoms with Gasteiger partial charge in [0.2, 0.25) is 17.1 Å². The molecule has 0 N–H and O–H groups in total. The largest absolute Gasteiger partial charge is 0.465 e. The lowest BCUT2D eigenvalue weighted by atomic mass is 9.91. The molecule has 0 fully saturated rings. The number of hydrogen-bond acceptors (Lipinski definition) is 6. The molecule has 1 aliphatic carbocycles. The van der Waals surface area contributed by atoms with Crippen LogP contribution in [0.1, 0.15) is 131 Å². The molecular formula is C67H100N6O2+2. The van der Waals surface area contributed by atoms with Crippen LogP contribution in [0.2, 0.25) is 0 Å². The summed E-state index contributed by atoms with van der Waals surface area (Å²) in [5.41, 5.74) is 11.1. The molecule has 0 saturated heterocycles. The van der Waals surface area contributed by atoms with Gasteiger partial charge in [0.15, 0.2) is 5.71 Å². The number of hydrogen-bond donors (Lipinski definition) is 0. The van der Waals surface area contributed by atoms with Crippen LogP contribution in [0.25, 0.3) is 0 Å². The van der Waals surface area contributed by atoms with Gasteiger partial charge in [-0.3, -0.25) is 4.79 Å². The van der Waals surface area contributed by atoms with Crippen molar-refractivity contribution < 1.29 is 14.1 Å². The molecule has 0 amide bonds. The third kappa shape index (κ3) is 18.3. The molecule has 0 unspecified atom stereocenters. The highest BCUT2D eigenvalue weighted by Crippen LogP contribution is 2.38. The summed E-state index contributed by atoms with van der Waals surface area (Å²) in [6, 6.07) is 36.6. The van der Waals surface area contributed by atoms with Gasteiger partial charge in [-0.15, -0.1) is 0 Å². The average molecular weight is 1020 g/mol. The van der Waals surface area contributed by atoms with Crippen LogP contribution in [0.3, 0.4) is 0 Å². The Morgan fingerprint density at radius 3 is 1.13 bits per heavy atom. The van der Waals surface area contributed by atoms with Gasteiger partial charge in [-0.25, -0.2) is 4.58 Å². The van der Waals surface area contributed by atoms with E-state index in [1.165, 1.54) is 17.1 Å². The van der Waals surface area contributed by atoms with Crippen LogP contribution in [0, 0.1) is 46.8 Å². The van der Waals surface area contributed by atoms with Gasteiger partial charge in [-0.2, -0.15) is 4.58 Å². The van der Waals surface area contributed by atoms with Crippen molar-refractivity contribution in [3.63, 3.8) is 0 Å². The molecule has 4 aromatic rings. The monoisotopic (exact) mass is 1020 g/mol. The molecule has 1 aliphatic rings. The molecule has 0 spiro atoms. The first-order chi connectivity index (χ1) is 35.5. The number of nitrogens with zero attached hydrogens (tertiary/aromatic N) is 6. The van der Waals surface area contributed by atoms with E-state index >= 15 is 0 Å². The number of esters is 1. The summed E-state index contributed by atoms with van der Waals surface area (Å²) in [5.74, 6) is 3.72. The molecule has 0 bridgehead atoms. The fourth-order valence-corrected chi connectivity index (χ4v) is 9.92. The summed E-state index contributed by atoms with van der Waals surface area (Å²) in [7, 11) is 0. The van der Waals surface area contributed by atoms with Crippen molar-refractivity contribution in [3.8, 4) is 0 Å². The second-order valence-corrected chi connectivity index (χ2v) is 24.9. The van der Waals surface area contributed by atoms with Crippen LogP contribution >= 0.6 is 0 Å². The quantitative estimate of drug-likeness (QED) is 0.0244. The standard InChI is InChI=1S/C67H100N6O2/c1-18-67(16,17)66(74)75-41-19-40-68(42-49(2)3)56-20-28-60(29-21-56)72(61-30-22-57(23-31-61)69(43-50(4)5)44-51(6)7)64-36-38-65(39-37-64)73(62-32-24-58(25-33-62)70(45-52(8)9)46-53(10)11)63-34-26-59(27-35-63)71(47-54(12)13)48-55(14)15/h20-39,49-55H,18-19,40-48H2,1-17H3/q+2. The van der Waals surface area contributed by atoms with Gasteiger partial charge in [0, 0.05) is 134 Å². The number of ether oxygens (including phenoxy) is 1. The van der Waals surface area contributed by atoms with Gasteiger partial charge in [0.25, 0.3) is 0 Å². The van der Waals surface area contributed by atoms with Crippen LogP contribution < -0.4 is 24.2 Å². The maximum absolute atomic E-state index is 12.8. The maximum atomic E-state index is 12.8. The van der Waals surface area contributed by atoms with E-state index in [1.54, 1.807) is 0 Å². The normalized spacial score (nSPS) is 12.9. The Bertz CT molecular complexity index is 2370. The van der Waals surface area contributed by atoms with Crippen molar-refractivity contribution in [3.05, 3.63) is 121 Å². The van der Waals surface area contributed by atoms with Crippen LogP contribution in [-0.4, -0.2) is 80.9 Å². The molecule has 0 heterocycles. The summed E-state index contributed by atoms with van der Waals surface area (Å²) in [6.07, 6.45) is 10.7. The van der Waals surface area contributed by atoms with Gasteiger partial charge in [0.1, 0.15) is 13.1 Å². The lowest BCUT2D eigenvalue weighted by molar-refractivity contribution is -0.538. The molecule has 0 atom stereocenters. The number of carbonyl (C=O) groups excluding carboxylic acids is 1. The Morgan fingerprint density at radius 2 is 0.773 bits per heavy atom. The van der Waals surface area contributed by atoms with Gasteiger partial charge >= 0.3 is 5.97 Å². The Morgan fingerprint density at radius 1 is 0.453 bits per heavy atom. The predicted molar refractivity (Wildman–Crippen MR) is 327 cm³/mol. The smallest absolute Gasteiger partial charge is 0.311 e. The molecule has 4 aromatic carbocycles. The number of anilines is 6. The third-order valence-corrected chi connectivity index (χ3v) is 13.6. The van der Waals surface area contributed by atoms with E-state index in [1.807, 2.05) is 20.8 Å². The highest BCUT2D eigenvalue weighted by atomic mass is 16.5. The predicted octanol–water partition coefficient (Wildman–Crippen LogP) is 16.4. The van der Waals surface area contributed by atoms with E-state index in [0.717, 1.165) is 105 Å². The number of carbonyl (C=O) groups is 1. The first kappa shape index (κ1) is 60.2. The summed E-state index contributed by atoms with van der Waals surface area (Å²) < 4.78 is 10.7. The molecule has 0 saturated carbocycles. The molecule has 5 rings (SSSR count). The van der Waals surface area contributed by atoms with Gasteiger partial charge in [-0.05, 0) is 129 Å². The van der Waals surface area contributed by atoms with Gasteiger partial charge < -0.3 is 24.3 Å². The molecule has 75 heavy (non-hydrogen) atoms. The Balaban J connectivity index is 1.60. The Hall–Kier alpha value is -5.63. The number of rotatable bonds is 28.